The molecule has 0 aromatic heterocycles. The fourth-order valence-electron chi connectivity index (χ4n) is 2.41. The highest BCUT2D eigenvalue weighted by Gasteiger charge is 2.19. The van der Waals surface area contributed by atoms with Crippen LogP contribution in [0.25, 0.3) is 11.1 Å². The Morgan fingerprint density at radius 3 is 2.83 bits per heavy atom. The number of anilines is 1. The minimum atomic E-state index is -0.137. The van der Waals surface area contributed by atoms with Gasteiger partial charge in [0, 0.05) is 22.0 Å². The van der Waals surface area contributed by atoms with Gasteiger partial charge in [-0.05, 0) is 30.7 Å². The molecule has 0 atom stereocenters. The smallest absolute Gasteiger partial charge is 0.265 e. The SMILES string of the molecule is CC1=C(C(=O)Nc2ccccc2-c2cccc(Cl)c2)SCCO1. The van der Waals surface area contributed by atoms with Crippen molar-refractivity contribution in [1.82, 2.24) is 0 Å². The van der Waals surface area contributed by atoms with Crippen LogP contribution in [0.4, 0.5) is 5.69 Å². The maximum Gasteiger partial charge on any atom is 0.265 e. The third-order valence-electron chi connectivity index (χ3n) is 3.49. The number of carbonyl (C=O) groups excluding carboxylic acids is 1. The lowest BCUT2D eigenvalue weighted by atomic mass is 10.0. The van der Waals surface area contributed by atoms with Crippen molar-refractivity contribution in [2.24, 2.45) is 0 Å². The molecule has 1 aliphatic heterocycles. The molecule has 118 valence electrons. The highest BCUT2D eigenvalue weighted by atomic mass is 35.5. The third-order valence-corrected chi connectivity index (χ3v) is 4.85. The molecule has 23 heavy (non-hydrogen) atoms. The number of para-hydroxylation sites is 1. The highest BCUT2D eigenvalue weighted by Crippen LogP contribution is 2.32. The molecule has 0 saturated heterocycles. The molecule has 0 spiro atoms. The van der Waals surface area contributed by atoms with Crippen LogP contribution >= 0.6 is 23.4 Å². The van der Waals surface area contributed by atoms with Gasteiger partial charge >= 0.3 is 0 Å². The molecular weight excluding hydrogens is 330 g/mol. The van der Waals surface area contributed by atoms with E-state index in [4.69, 9.17) is 16.3 Å². The number of allylic oxidation sites excluding steroid dienone is 1. The van der Waals surface area contributed by atoms with Crippen LogP contribution in [-0.2, 0) is 9.53 Å². The summed E-state index contributed by atoms with van der Waals surface area (Å²) in [5.74, 6) is 1.33. The predicted octanol–water partition coefficient (Wildman–Crippen LogP) is 4.94. The second kappa shape index (κ2) is 7.11. The Morgan fingerprint density at radius 1 is 1.22 bits per heavy atom. The summed E-state index contributed by atoms with van der Waals surface area (Å²) in [5, 5.41) is 3.65. The summed E-state index contributed by atoms with van der Waals surface area (Å²) in [6.07, 6.45) is 0. The molecular formula is C18H16ClNO2S. The van der Waals surface area contributed by atoms with Gasteiger partial charge < -0.3 is 10.1 Å². The van der Waals surface area contributed by atoms with Gasteiger partial charge in [0.25, 0.3) is 5.91 Å². The summed E-state index contributed by atoms with van der Waals surface area (Å²) in [7, 11) is 0. The lowest BCUT2D eigenvalue weighted by molar-refractivity contribution is -0.112. The fraction of sp³-hybridized carbons (Fsp3) is 0.167. The molecule has 1 heterocycles. The van der Waals surface area contributed by atoms with E-state index in [1.807, 2.05) is 55.5 Å². The average Bonchev–Trinajstić information content (AvgIpc) is 2.55. The van der Waals surface area contributed by atoms with E-state index in [1.165, 1.54) is 11.8 Å². The number of hydrogen-bond acceptors (Lipinski definition) is 3. The van der Waals surface area contributed by atoms with Gasteiger partial charge in [-0.3, -0.25) is 4.79 Å². The van der Waals surface area contributed by atoms with E-state index in [0.29, 0.717) is 22.3 Å². The predicted molar refractivity (Wildman–Crippen MR) is 96.6 cm³/mol. The number of amides is 1. The Balaban J connectivity index is 1.91. The topological polar surface area (TPSA) is 38.3 Å². The summed E-state index contributed by atoms with van der Waals surface area (Å²) in [4.78, 5) is 13.2. The molecule has 0 bridgehead atoms. The third kappa shape index (κ3) is 3.71. The van der Waals surface area contributed by atoms with Gasteiger partial charge in [0.05, 0.1) is 6.61 Å². The molecule has 3 rings (SSSR count). The monoisotopic (exact) mass is 345 g/mol. The molecule has 1 N–H and O–H groups in total. The molecule has 5 heteroatoms. The van der Waals surface area contributed by atoms with Gasteiger partial charge in [-0.15, -0.1) is 11.8 Å². The minimum Gasteiger partial charge on any atom is -0.496 e. The van der Waals surface area contributed by atoms with Gasteiger partial charge in [0.15, 0.2) is 0 Å². The van der Waals surface area contributed by atoms with E-state index in [1.54, 1.807) is 0 Å². The first kappa shape index (κ1) is 16.0. The largest absolute Gasteiger partial charge is 0.496 e. The lowest BCUT2D eigenvalue weighted by Gasteiger charge is -2.18. The molecule has 2 aromatic rings. The van der Waals surface area contributed by atoms with Crippen LogP contribution in [-0.4, -0.2) is 18.3 Å². The summed E-state index contributed by atoms with van der Waals surface area (Å²) >= 11 is 7.60. The number of thioether (sulfide) groups is 1. The highest BCUT2D eigenvalue weighted by molar-refractivity contribution is 8.04. The van der Waals surface area contributed by atoms with Crippen LogP contribution in [0.2, 0.25) is 5.02 Å². The molecule has 1 amide bonds. The Labute approximate surface area is 144 Å². The van der Waals surface area contributed by atoms with Crippen molar-refractivity contribution < 1.29 is 9.53 Å². The number of nitrogens with one attached hydrogen (secondary N) is 1. The van der Waals surface area contributed by atoms with Crippen LogP contribution in [0.1, 0.15) is 6.92 Å². The number of rotatable bonds is 3. The fourth-order valence-corrected chi connectivity index (χ4v) is 3.42. The molecule has 3 nitrogen and oxygen atoms in total. The van der Waals surface area contributed by atoms with Crippen molar-refractivity contribution >= 4 is 35.0 Å². The van der Waals surface area contributed by atoms with E-state index in [2.05, 4.69) is 5.32 Å². The van der Waals surface area contributed by atoms with Gasteiger partial charge in [-0.1, -0.05) is 41.9 Å². The van der Waals surface area contributed by atoms with Gasteiger partial charge in [0.1, 0.15) is 10.7 Å². The van der Waals surface area contributed by atoms with Crippen molar-refractivity contribution in [2.75, 3.05) is 17.7 Å². The summed E-state index contributed by atoms with van der Waals surface area (Å²) < 4.78 is 5.46. The molecule has 0 radical (unpaired) electrons. The van der Waals surface area contributed by atoms with Crippen LogP contribution in [0, 0.1) is 0 Å². The lowest BCUT2D eigenvalue weighted by Crippen LogP contribution is -2.18. The molecule has 0 saturated carbocycles. The quantitative estimate of drug-likeness (QED) is 0.856. The minimum absolute atomic E-state index is 0.137. The number of hydrogen-bond donors (Lipinski definition) is 1. The Hall–Kier alpha value is -1.91. The Bertz CT molecular complexity index is 773. The maximum atomic E-state index is 12.5. The molecule has 0 aliphatic carbocycles. The van der Waals surface area contributed by atoms with Crippen LogP contribution in [0.5, 0.6) is 0 Å². The van der Waals surface area contributed by atoms with Gasteiger partial charge in [0.2, 0.25) is 0 Å². The summed E-state index contributed by atoms with van der Waals surface area (Å²) in [5.41, 5.74) is 2.65. The van der Waals surface area contributed by atoms with E-state index in [0.717, 1.165) is 22.6 Å². The Morgan fingerprint density at radius 2 is 2.04 bits per heavy atom. The molecule has 1 aliphatic rings. The van der Waals surface area contributed by atoms with Crippen LogP contribution in [0.15, 0.2) is 59.2 Å². The van der Waals surface area contributed by atoms with Crippen molar-refractivity contribution in [1.29, 1.82) is 0 Å². The molecule has 0 fully saturated rings. The summed E-state index contributed by atoms with van der Waals surface area (Å²) in [6.45, 7) is 2.47. The zero-order valence-corrected chi connectivity index (χ0v) is 14.2. The molecule has 2 aromatic carbocycles. The number of carbonyl (C=O) groups is 1. The van der Waals surface area contributed by atoms with Crippen LogP contribution in [0.3, 0.4) is 0 Å². The standard InChI is InChI=1S/C18H16ClNO2S/c1-12-17(23-10-9-22-12)18(21)20-16-8-3-2-7-15(16)13-5-4-6-14(19)11-13/h2-8,11H,9-10H2,1H3,(H,20,21). The number of ether oxygens (including phenoxy) is 1. The van der Waals surface area contributed by atoms with Crippen molar-refractivity contribution in [3.63, 3.8) is 0 Å². The first-order valence-electron chi connectivity index (χ1n) is 7.28. The second-order valence-electron chi connectivity index (χ2n) is 5.09. The van der Waals surface area contributed by atoms with Gasteiger partial charge in [-0.25, -0.2) is 0 Å². The van der Waals surface area contributed by atoms with E-state index < -0.39 is 0 Å². The van der Waals surface area contributed by atoms with E-state index >= 15 is 0 Å². The van der Waals surface area contributed by atoms with E-state index in [9.17, 15) is 4.79 Å². The van der Waals surface area contributed by atoms with Gasteiger partial charge in [-0.2, -0.15) is 0 Å². The molecule has 0 unspecified atom stereocenters. The number of benzene rings is 2. The van der Waals surface area contributed by atoms with E-state index in [-0.39, 0.29) is 5.91 Å². The second-order valence-corrected chi connectivity index (χ2v) is 6.63. The Kier molecular flexibility index (Phi) is 4.94. The zero-order valence-electron chi connectivity index (χ0n) is 12.6. The average molecular weight is 346 g/mol. The first-order valence-corrected chi connectivity index (χ1v) is 8.64. The maximum absolute atomic E-state index is 12.5. The van der Waals surface area contributed by atoms with Crippen molar-refractivity contribution in [3.05, 3.63) is 64.2 Å². The number of halogens is 1. The summed E-state index contributed by atoms with van der Waals surface area (Å²) in [6, 6.07) is 15.3. The first-order chi connectivity index (χ1) is 11.1. The van der Waals surface area contributed by atoms with Crippen LogP contribution < -0.4 is 5.32 Å². The van der Waals surface area contributed by atoms with Crippen molar-refractivity contribution in [3.8, 4) is 11.1 Å². The zero-order chi connectivity index (χ0) is 16.2. The normalized spacial score (nSPS) is 14.3. The van der Waals surface area contributed by atoms with Crippen molar-refractivity contribution in [2.45, 2.75) is 6.92 Å².